The highest BCUT2D eigenvalue weighted by Gasteiger charge is 2.27. The fraction of sp³-hybridized carbons (Fsp3) is 0.250. The Morgan fingerprint density at radius 2 is 1.78 bits per heavy atom. The first-order chi connectivity index (χ1) is 15.6. The maximum absolute atomic E-state index is 13.3. The lowest BCUT2D eigenvalue weighted by molar-refractivity contribution is 0.0953. The van der Waals surface area contributed by atoms with E-state index in [0.29, 0.717) is 33.9 Å². The van der Waals surface area contributed by atoms with Gasteiger partial charge in [0.05, 0.1) is 11.1 Å². The van der Waals surface area contributed by atoms with E-state index >= 15 is 0 Å². The molecule has 3 aromatic rings. The van der Waals surface area contributed by atoms with Gasteiger partial charge in [-0.15, -0.1) is 11.3 Å². The second kappa shape index (κ2) is 9.74. The van der Waals surface area contributed by atoms with E-state index in [-0.39, 0.29) is 17.7 Å². The van der Waals surface area contributed by atoms with Crippen LogP contribution in [0.3, 0.4) is 0 Å². The number of fused-ring (bicyclic) bond motifs is 1. The number of pyridine rings is 1. The molecular weight excluding hydrogens is 424 g/mol. The summed E-state index contributed by atoms with van der Waals surface area (Å²) in [5.74, 6) is -0.788. The van der Waals surface area contributed by atoms with Crippen molar-refractivity contribution in [3.8, 4) is 0 Å². The van der Waals surface area contributed by atoms with Gasteiger partial charge >= 0.3 is 0 Å². The number of hydrogen-bond acceptors (Lipinski definition) is 5. The monoisotopic (exact) mass is 448 g/mol. The third-order valence-electron chi connectivity index (χ3n) is 5.27. The Labute approximate surface area is 190 Å². The van der Waals surface area contributed by atoms with Crippen LogP contribution in [0.15, 0.2) is 48.8 Å². The van der Waals surface area contributed by atoms with Crippen LogP contribution < -0.4 is 16.0 Å². The molecule has 0 saturated carbocycles. The van der Waals surface area contributed by atoms with Gasteiger partial charge in [-0.25, -0.2) is 0 Å². The van der Waals surface area contributed by atoms with Crippen LogP contribution >= 0.6 is 11.3 Å². The van der Waals surface area contributed by atoms with E-state index in [4.69, 9.17) is 0 Å². The number of hydrogen-bond donors (Lipinski definition) is 3. The van der Waals surface area contributed by atoms with E-state index in [1.807, 2.05) is 6.92 Å². The summed E-state index contributed by atoms with van der Waals surface area (Å²) in [4.78, 5) is 43.3. The van der Waals surface area contributed by atoms with Gasteiger partial charge in [0, 0.05) is 35.1 Å². The van der Waals surface area contributed by atoms with Gasteiger partial charge in [-0.2, -0.15) is 0 Å². The molecule has 0 unspecified atom stereocenters. The number of nitrogens with zero attached hydrogens (tertiary/aromatic N) is 1. The van der Waals surface area contributed by atoms with E-state index in [0.717, 1.165) is 36.1 Å². The van der Waals surface area contributed by atoms with Crippen LogP contribution in [0.2, 0.25) is 0 Å². The Morgan fingerprint density at radius 1 is 0.969 bits per heavy atom. The van der Waals surface area contributed by atoms with Gasteiger partial charge in [0.15, 0.2) is 0 Å². The molecule has 1 aliphatic rings. The predicted octanol–water partition coefficient (Wildman–Crippen LogP) is 4.28. The molecule has 1 aromatic carbocycles. The van der Waals surface area contributed by atoms with E-state index in [1.54, 1.807) is 42.6 Å². The molecule has 0 bridgehead atoms. The number of carbonyl (C=O) groups is 3. The van der Waals surface area contributed by atoms with Gasteiger partial charge in [0.1, 0.15) is 5.00 Å². The van der Waals surface area contributed by atoms with Crippen molar-refractivity contribution < 1.29 is 14.4 Å². The highest BCUT2D eigenvalue weighted by atomic mass is 32.1. The molecule has 0 aliphatic heterocycles. The Bertz CT molecular complexity index is 1160. The van der Waals surface area contributed by atoms with Crippen molar-refractivity contribution in [3.05, 3.63) is 75.9 Å². The summed E-state index contributed by atoms with van der Waals surface area (Å²) in [7, 11) is 0. The van der Waals surface area contributed by atoms with Crippen molar-refractivity contribution in [3.63, 3.8) is 0 Å². The van der Waals surface area contributed by atoms with E-state index in [9.17, 15) is 14.4 Å². The minimum absolute atomic E-state index is 0.194. The quantitative estimate of drug-likeness (QED) is 0.524. The zero-order valence-corrected chi connectivity index (χ0v) is 18.6. The Morgan fingerprint density at radius 3 is 2.56 bits per heavy atom. The second-order valence-electron chi connectivity index (χ2n) is 7.51. The van der Waals surface area contributed by atoms with Gasteiger partial charge in [-0.3, -0.25) is 19.4 Å². The average Bonchev–Trinajstić information content (AvgIpc) is 3.18. The summed E-state index contributed by atoms with van der Waals surface area (Å²) in [6.07, 6.45) is 6.88. The highest BCUT2D eigenvalue weighted by molar-refractivity contribution is 7.17. The molecular formula is C24H24N4O3S. The fourth-order valence-electron chi connectivity index (χ4n) is 3.76. The van der Waals surface area contributed by atoms with Gasteiger partial charge < -0.3 is 16.0 Å². The molecule has 2 aromatic heterocycles. The van der Waals surface area contributed by atoms with E-state index in [1.165, 1.54) is 17.5 Å². The Hall–Kier alpha value is -3.52. The summed E-state index contributed by atoms with van der Waals surface area (Å²) >= 11 is 1.46. The van der Waals surface area contributed by atoms with Gasteiger partial charge in [-0.05, 0) is 68.5 Å². The molecule has 0 saturated heterocycles. The minimum Gasteiger partial charge on any atom is -0.352 e. The van der Waals surface area contributed by atoms with Crippen molar-refractivity contribution in [1.29, 1.82) is 0 Å². The molecule has 7 nitrogen and oxygen atoms in total. The largest absolute Gasteiger partial charge is 0.352 e. The molecule has 3 N–H and O–H groups in total. The number of amides is 3. The van der Waals surface area contributed by atoms with Crippen molar-refractivity contribution >= 4 is 39.7 Å². The highest BCUT2D eigenvalue weighted by Crippen LogP contribution is 2.38. The molecule has 0 atom stereocenters. The smallest absolute Gasteiger partial charge is 0.258 e. The van der Waals surface area contributed by atoms with Crippen LogP contribution in [0.5, 0.6) is 0 Å². The van der Waals surface area contributed by atoms with Gasteiger partial charge in [0.2, 0.25) is 0 Å². The van der Waals surface area contributed by atoms with Crippen LogP contribution in [0.4, 0.5) is 10.7 Å². The zero-order chi connectivity index (χ0) is 22.5. The molecule has 32 heavy (non-hydrogen) atoms. The third-order valence-corrected chi connectivity index (χ3v) is 6.48. The first-order valence-electron chi connectivity index (χ1n) is 10.6. The normalized spacial score (nSPS) is 12.5. The van der Waals surface area contributed by atoms with Crippen molar-refractivity contribution in [2.45, 2.75) is 32.6 Å². The Kier molecular flexibility index (Phi) is 6.61. The van der Waals surface area contributed by atoms with Crippen LogP contribution in [0.1, 0.15) is 61.3 Å². The fourth-order valence-corrected chi connectivity index (χ4v) is 5.04. The van der Waals surface area contributed by atoms with E-state index in [2.05, 4.69) is 20.9 Å². The van der Waals surface area contributed by atoms with E-state index < -0.39 is 0 Å². The summed E-state index contributed by atoms with van der Waals surface area (Å²) in [6.45, 7) is 2.38. The molecule has 0 radical (unpaired) electrons. The molecule has 3 amide bonds. The first kappa shape index (κ1) is 21.7. The van der Waals surface area contributed by atoms with Crippen LogP contribution in [0, 0.1) is 0 Å². The SMILES string of the molecule is CCNC(=O)c1cccc(NC(=O)c2c(NC(=O)c3cccnc3)sc3c2CCCC3)c1. The number of aryl methyl sites for hydroxylation is 1. The molecule has 2 heterocycles. The van der Waals surface area contributed by atoms with Gasteiger partial charge in [0.25, 0.3) is 17.7 Å². The summed E-state index contributed by atoms with van der Waals surface area (Å²) < 4.78 is 0. The first-order valence-corrected chi connectivity index (χ1v) is 11.4. The van der Waals surface area contributed by atoms with Gasteiger partial charge in [-0.1, -0.05) is 6.07 Å². The number of benzene rings is 1. The number of rotatable bonds is 6. The molecule has 4 rings (SSSR count). The number of nitrogens with one attached hydrogen (secondary N) is 3. The second-order valence-corrected chi connectivity index (χ2v) is 8.61. The summed E-state index contributed by atoms with van der Waals surface area (Å²) in [5.41, 5.74) is 2.94. The standard InChI is InChI=1S/C24H24N4O3S/c1-2-26-21(29)15-7-5-9-17(13-15)27-23(31)20-18-10-3-4-11-19(18)32-24(20)28-22(30)16-8-6-12-25-14-16/h5-9,12-14H,2-4,10-11H2,1H3,(H,26,29)(H,27,31)(H,28,30). The number of aromatic nitrogens is 1. The number of thiophene rings is 1. The van der Waals surface area contributed by atoms with Crippen molar-refractivity contribution in [2.75, 3.05) is 17.2 Å². The maximum atomic E-state index is 13.3. The maximum Gasteiger partial charge on any atom is 0.258 e. The number of anilines is 2. The van der Waals surface area contributed by atoms with Crippen LogP contribution in [-0.4, -0.2) is 29.3 Å². The topological polar surface area (TPSA) is 100 Å². The molecule has 1 aliphatic carbocycles. The molecule has 0 spiro atoms. The minimum atomic E-state index is -0.302. The third kappa shape index (κ3) is 4.70. The Balaban J connectivity index is 1.61. The summed E-state index contributed by atoms with van der Waals surface area (Å²) in [5, 5.41) is 9.12. The molecule has 164 valence electrons. The molecule has 8 heteroatoms. The van der Waals surface area contributed by atoms with Crippen molar-refractivity contribution in [1.82, 2.24) is 10.3 Å². The summed E-state index contributed by atoms with van der Waals surface area (Å²) in [6, 6.07) is 10.2. The zero-order valence-electron chi connectivity index (χ0n) is 17.7. The average molecular weight is 449 g/mol. The number of carbonyl (C=O) groups excluding carboxylic acids is 3. The molecule has 0 fully saturated rings. The van der Waals surface area contributed by atoms with Crippen LogP contribution in [0.25, 0.3) is 0 Å². The van der Waals surface area contributed by atoms with Crippen LogP contribution in [-0.2, 0) is 12.8 Å². The van der Waals surface area contributed by atoms with Crippen molar-refractivity contribution in [2.24, 2.45) is 0 Å². The lowest BCUT2D eigenvalue weighted by Gasteiger charge is -2.14. The lowest BCUT2D eigenvalue weighted by Crippen LogP contribution is -2.23. The predicted molar refractivity (Wildman–Crippen MR) is 126 cm³/mol. The lowest BCUT2D eigenvalue weighted by atomic mass is 9.95.